The van der Waals surface area contributed by atoms with Crippen LogP contribution in [0.25, 0.3) is 0 Å². The Kier molecular flexibility index (Phi) is 6.26. The lowest BCUT2D eigenvalue weighted by Crippen LogP contribution is -2.32. The van der Waals surface area contributed by atoms with Gasteiger partial charge >= 0.3 is 0 Å². The van der Waals surface area contributed by atoms with Gasteiger partial charge in [-0.3, -0.25) is 4.98 Å². The molecule has 2 atom stereocenters. The Balaban J connectivity index is 2.09. The molecule has 1 aromatic rings. The van der Waals surface area contributed by atoms with Gasteiger partial charge < -0.3 is 10.1 Å². The van der Waals surface area contributed by atoms with Crippen molar-refractivity contribution in [2.24, 2.45) is 5.92 Å². The van der Waals surface area contributed by atoms with Crippen LogP contribution >= 0.6 is 31.9 Å². The second-order valence-corrected chi connectivity index (χ2v) is 6.69. The molecule has 1 fully saturated rings. The summed E-state index contributed by atoms with van der Waals surface area (Å²) in [6.45, 7) is 5.09. The first-order valence-electron chi connectivity index (χ1n) is 6.85. The average Bonchev–Trinajstić information content (AvgIpc) is 2.40. The van der Waals surface area contributed by atoms with E-state index in [0.29, 0.717) is 5.92 Å². The van der Waals surface area contributed by atoms with Crippen molar-refractivity contribution in [2.75, 3.05) is 19.7 Å². The highest BCUT2D eigenvalue weighted by atomic mass is 79.9. The summed E-state index contributed by atoms with van der Waals surface area (Å²) in [5.41, 5.74) is 1.02. The molecule has 0 radical (unpaired) electrons. The van der Waals surface area contributed by atoms with Crippen LogP contribution in [0.4, 0.5) is 0 Å². The van der Waals surface area contributed by atoms with E-state index in [-0.39, 0.29) is 6.10 Å². The van der Waals surface area contributed by atoms with Gasteiger partial charge in [-0.1, -0.05) is 6.92 Å². The van der Waals surface area contributed by atoms with Crippen molar-refractivity contribution >= 4 is 31.9 Å². The smallest absolute Gasteiger partial charge is 0.105 e. The lowest BCUT2D eigenvalue weighted by Gasteiger charge is -2.32. The molecule has 2 unspecified atom stereocenters. The molecule has 2 heterocycles. The molecule has 1 aliphatic heterocycles. The number of halogens is 2. The summed E-state index contributed by atoms with van der Waals surface area (Å²) in [6, 6.07) is 2.04. The van der Waals surface area contributed by atoms with Crippen LogP contribution in [0.3, 0.4) is 0 Å². The van der Waals surface area contributed by atoms with Gasteiger partial charge in [-0.15, -0.1) is 0 Å². The van der Waals surface area contributed by atoms with Crippen LogP contribution < -0.4 is 5.32 Å². The number of ether oxygens (including phenoxy) is 1. The molecule has 1 saturated heterocycles. The lowest BCUT2D eigenvalue weighted by molar-refractivity contribution is -0.0306. The van der Waals surface area contributed by atoms with Gasteiger partial charge in [-0.2, -0.15) is 0 Å². The largest absolute Gasteiger partial charge is 0.372 e. The van der Waals surface area contributed by atoms with Crippen LogP contribution in [-0.2, 0) is 4.74 Å². The van der Waals surface area contributed by atoms with Crippen LogP contribution in [0, 0.1) is 5.92 Å². The highest BCUT2D eigenvalue weighted by molar-refractivity contribution is 9.11. The quantitative estimate of drug-likeness (QED) is 0.768. The van der Waals surface area contributed by atoms with E-state index in [1.807, 2.05) is 12.3 Å². The van der Waals surface area contributed by atoms with E-state index in [0.717, 1.165) is 40.8 Å². The second-order valence-electron chi connectivity index (χ2n) is 4.92. The number of rotatable bonds is 5. The zero-order chi connectivity index (χ0) is 13.7. The first kappa shape index (κ1) is 15.4. The van der Waals surface area contributed by atoms with Crippen molar-refractivity contribution in [3.8, 4) is 0 Å². The standard InChI is InChI=1S/C14H20Br2N2O/c1-2-5-17-8-10-4-3-6-19-14(10)13-12(16)7-11(15)9-18-13/h7,9-10,14,17H,2-6,8H2,1H3. The molecule has 0 saturated carbocycles. The van der Waals surface area contributed by atoms with Crippen molar-refractivity contribution in [2.45, 2.75) is 32.3 Å². The van der Waals surface area contributed by atoms with Crippen LogP contribution in [0.2, 0.25) is 0 Å². The topological polar surface area (TPSA) is 34.1 Å². The first-order valence-corrected chi connectivity index (χ1v) is 8.44. The van der Waals surface area contributed by atoms with E-state index >= 15 is 0 Å². The molecular formula is C14H20Br2N2O. The van der Waals surface area contributed by atoms with Gasteiger partial charge in [0.1, 0.15) is 6.10 Å². The second kappa shape index (κ2) is 7.72. The molecule has 1 N–H and O–H groups in total. The molecule has 1 aromatic heterocycles. The Morgan fingerprint density at radius 2 is 2.32 bits per heavy atom. The maximum Gasteiger partial charge on any atom is 0.105 e. The zero-order valence-corrected chi connectivity index (χ0v) is 14.3. The number of hydrogen-bond acceptors (Lipinski definition) is 3. The third-order valence-corrected chi connectivity index (χ3v) is 4.45. The number of nitrogens with one attached hydrogen (secondary N) is 1. The fourth-order valence-electron chi connectivity index (χ4n) is 2.45. The summed E-state index contributed by atoms with van der Waals surface area (Å²) < 4.78 is 7.99. The SMILES string of the molecule is CCCNCC1CCCOC1c1ncc(Br)cc1Br. The Hall–Kier alpha value is 0.0300. The highest BCUT2D eigenvalue weighted by Gasteiger charge is 2.29. The van der Waals surface area contributed by atoms with Crippen molar-refractivity contribution < 1.29 is 4.74 Å². The average molecular weight is 392 g/mol. The minimum Gasteiger partial charge on any atom is -0.372 e. The molecule has 0 bridgehead atoms. The summed E-state index contributed by atoms with van der Waals surface area (Å²) >= 11 is 7.04. The summed E-state index contributed by atoms with van der Waals surface area (Å²) in [5.74, 6) is 0.505. The predicted molar refractivity (Wildman–Crippen MR) is 84.2 cm³/mol. The summed E-state index contributed by atoms with van der Waals surface area (Å²) in [6.07, 6.45) is 5.45. The third-order valence-electron chi connectivity index (χ3n) is 3.38. The normalized spacial score (nSPS) is 23.5. The molecule has 0 aromatic carbocycles. The van der Waals surface area contributed by atoms with Crippen molar-refractivity contribution in [1.29, 1.82) is 0 Å². The Morgan fingerprint density at radius 3 is 3.05 bits per heavy atom. The molecule has 2 rings (SSSR count). The van der Waals surface area contributed by atoms with Gasteiger partial charge in [0.15, 0.2) is 0 Å². The number of aromatic nitrogens is 1. The van der Waals surface area contributed by atoms with Crippen LogP contribution in [0.5, 0.6) is 0 Å². The molecule has 106 valence electrons. The predicted octanol–water partition coefficient (Wildman–Crippen LogP) is 4.07. The van der Waals surface area contributed by atoms with E-state index in [2.05, 4.69) is 49.1 Å². The Bertz CT molecular complexity index is 414. The van der Waals surface area contributed by atoms with Gasteiger partial charge in [-0.05, 0) is 63.7 Å². The molecule has 19 heavy (non-hydrogen) atoms. The van der Waals surface area contributed by atoms with E-state index in [1.165, 1.54) is 12.8 Å². The van der Waals surface area contributed by atoms with Crippen molar-refractivity contribution in [1.82, 2.24) is 10.3 Å². The van der Waals surface area contributed by atoms with Gasteiger partial charge in [0.05, 0.1) is 5.69 Å². The van der Waals surface area contributed by atoms with Crippen LogP contribution in [0.1, 0.15) is 38.0 Å². The van der Waals surface area contributed by atoms with Crippen molar-refractivity contribution in [3.05, 3.63) is 26.9 Å². The molecule has 0 spiro atoms. The van der Waals surface area contributed by atoms with Gasteiger partial charge in [0.25, 0.3) is 0 Å². The highest BCUT2D eigenvalue weighted by Crippen LogP contribution is 2.36. The van der Waals surface area contributed by atoms with Crippen molar-refractivity contribution in [3.63, 3.8) is 0 Å². The number of nitrogens with zero attached hydrogens (tertiary/aromatic N) is 1. The minimum absolute atomic E-state index is 0.0978. The Labute approximate surface area is 131 Å². The maximum absolute atomic E-state index is 5.98. The molecule has 5 heteroatoms. The molecule has 0 amide bonds. The van der Waals surface area contributed by atoms with Gasteiger partial charge in [0, 0.05) is 34.2 Å². The minimum atomic E-state index is 0.0978. The van der Waals surface area contributed by atoms with Crippen LogP contribution in [-0.4, -0.2) is 24.7 Å². The van der Waals surface area contributed by atoms with Gasteiger partial charge in [0.2, 0.25) is 0 Å². The summed E-state index contributed by atoms with van der Waals surface area (Å²) in [5, 5.41) is 3.50. The third kappa shape index (κ3) is 4.25. The zero-order valence-electron chi connectivity index (χ0n) is 11.2. The van der Waals surface area contributed by atoms with E-state index in [4.69, 9.17) is 4.74 Å². The fourth-order valence-corrected chi connectivity index (χ4v) is 3.67. The number of hydrogen-bond donors (Lipinski definition) is 1. The molecule has 3 nitrogen and oxygen atoms in total. The molecular weight excluding hydrogens is 372 g/mol. The molecule has 0 aliphatic carbocycles. The van der Waals surface area contributed by atoms with E-state index in [9.17, 15) is 0 Å². The Morgan fingerprint density at radius 1 is 1.47 bits per heavy atom. The number of pyridine rings is 1. The fraction of sp³-hybridized carbons (Fsp3) is 0.643. The van der Waals surface area contributed by atoms with E-state index < -0.39 is 0 Å². The monoisotopic (exact) mass is 390 g/mol. The van der Waals surface area contributed by atoms with E-state index in [1.54, 1.807) is 0 Å². The molecule has 1 aliphatic rings. The maximum atomic E-state index is 5.98. The summed E-state index contributed by atoms with van der Waals surface area (Å²) in [4.78, 5) is 4.53. The first-order chi connectivity index (χ1) is 9.22. The summed E-state index contributed by atoms with van der Waals surface area (Å²) in [7, 11) is 0. The van der Waals surface area contributed by atoms with Crippen LogP contribution in [0.15, 0.2) is 21.2 Å². The lowest BCUT2D eigenvalue weighted by atomic mass is 9.92. The van der Waals surface area contributed by atoms with Gasteiger partial charge in [-0.25, -0.2) is 0 Å².